The lowest BCUT2D eigenvalue weighted by molar-refractivity contribution is 0.308. The second kappa shape index (κ2) is 1.90. The molecule has 6 heteroatoms. The van der Waals surface area contributed by atoms with Crippen molar-refractivity contribution >= 4 is 0 Å². The van der Waals surface area contributed by atoms with Crippen LogP contribution < -0.4 is 0 Å². The quantitative estimate of drug-likeness (QED) is 0.591. The zero-order valence-corrected chi connectivity index (χ0v) is 4.85. The van der Waals surface area contributed by atoms with Gasteiger partial charge in [0, 0.05) is 0 Å². The highest BCUT2D eigenvalue weighted by atomic mass is 16.6. The second-order valence-corrected chi connectivity index (χ2v) is 1.63. The van der Waals surface area contributed by atoms with Crippen LogP contribution >= 0.6 is 0 Å². The van der Waals surface area contributed by atoms with Gasteiger partial charge in [-0.3, -0.25) is 5.10 Å². The van der Waals surface area contributed by atoms with Gasteiger partial charge in [0.2, 0.25) is 0 Å². The van der Waals surface area contributed by atoms with Crippen LogP contribution in [0.5, 0.6) is 0 Å². The van der Waals surface area contributed by atoms with Crippen molar-refractivity contribution in [3.63, 3.8) is 0 Å². The molecule has 6 nitrogen and oxygen atoms in total. The lowest BCUT2D eigenvalue weighted by Crippen LogP contribution is -1.78. The number of aromatic amines is 1. The lowest BCUT2D eigenvalue weighted by atomic mass is 10.5. The van der Waals surface area contributed by atoms with Gasteiger partial charge in [0.05, 0.1) is 0 Å². The molecular weight excluding hydrogens is 134 g/mol. The smallest absolute Gasteiger partial charge is 0.179 e. The summed E-state index contributed by atoms with van der Waals surface area (Å²) in [4.78, 5) is 3.83. The van der Waals surface area contributed by atoms with Crippen LogP contribution in [0.2, 0.25) is 0 Å². The van der Waals surface area contributed by atoms with E-state index in [1.165, 1.54) is 12.5 Å². The van der Waals surface area contributed by atoms with Gasteiger partial charge in [-0.2, -0.15) is 5.10 Å². The molecule has 0 bridgehead atoms. The standard InChI is InChI=1S/C4H3N5O/c1-3(9-10-7-1)4-5-2-6-8-4/h1-2H,(H,5,6,8). The molecule has 2 aromatic heterocycles. The summed E-state index contributed by atoms with van der Waals surface area (Å²) in [6, 6.07) is 0. The summed E-state index contributed by atoms with van der Waals surface area (Å²) < 4.78 is 4.35. The molecule has 0 saturated heterocycles. The summed E-state index contributed by atoms with van der Waals surface area (Å²) in [5.41, 5.74) is 0.553. The lowest BCUT2D eigenvalue weighted by Gasteiger charge is -1.78. The third-order valence-electron chi connectivity index (χ3n) is 1.02. The van der Waals surface area contributed by atoms with E-state index in [2.05, 4.69) is 30.1 Å². The summed E-state index contributed by atoms with van der Waals surface area (Å²) in [6.45, 7) is 0. The highest BCUT2D eigenvalue weighted by molar-refractivity contribution is 5.43. The molecule has 2 heterocycles. The van der Waals surface area contributed by atoms with Gasteiger partial charge in [0.15, 0.2) is 11.5 Å². The topological polar surface area (TPSA) is 80.5 Å². The zero-order chi connectivity index (χ0) is 6.81. The Kier molecular flexibility index (Phi) is 0.970. The molecule has 0 fully saturated rings. The molecule has 0 aliphatic rings. The van der Waals surface area contributed by atoms with E-state index < -0.39 is 0 Å². The minimum Gasteiger partial charge on any atom is -0.258 e. The van der Waals surface area contributed by atoms with Gasteiger partial charge in [-0.05, 0) is 5.16 Å². The van der Waals surface area contributed by atoms with Crippen LogP contribution in [0.4, 0.5) is 0 Å². The van der Waals surface area contributed by atoms with Gasteiger partial charge in [-0.15, -0.1) is 0 Å². The van der Waals surface area contributed by atoms with Crippen LogP contribution in [0.15, 0.2) is 17.2 Å². The van der Waals surface area contributed by atoms with Crippen LogP contribution in [0.25, 0.3) is 11.5 Å². The maximum atomic E-state index is 4.35. The Morgan fingerprint density at radius 1 is 1.50 bits per heavy atom. The number of hydrogen-bond donors (Lipinski definition) is 1. The average molecular weight is 137 g/mol. The normalized spacial score (nSPS) is 10.0. The van der Waals surface area contributed by atoms with Crippen molar-refractivity contribution in [2.75, 3.05) is 0 Å². The molecule has 10 heavy (non-hydrogen) atoms. The number of hydrogen-bond acceptors (Lipinski definition) is 5. The van der Waals surface area contributed by atoms with E-state index in [4.69, 9.17) is 0 Å². The fourth-order valence-corrected chi connectivity index (χ4v) is 0.598. The molecule has 0 saturated carbocycles. The highest BCUT2D eigenvalue weighted by Crippen LogP contribution is 2.05. The molecule has 0 unspecified atom stereocenters. The molecular formula is C4H3N5O. The number of nitrogens with zero attached hydrogens (tertiary/aromatic N) is 4. The SMILES string of the molecule is c1n[nH]c(-c2cnon2)n1. The molecule has 0 aromatic carbocycles. The summed E-state index contributed by atoms with van der Waals surface area (Å²) in [7, 11) is 0. The summed E-state index contributed by atoms with van der Waals surface area (Å²) in [5, 5.41) is 13.2. The van der Waals surface area contributed by atoms with E-state index in [-0.39, 0.29) is 0 Å². The van der Waals surface area contributed by atoms with E-state index in [0.29, 0.717) is 11.5 Å². The first-order valence-corrected chi connectivity index (χ1v) is 2.60. The number of rotatable bonds is 1. The van der Waals surface area contributed by atoms with Crippen molar-refractivity contribution in [3.8, 4) is 11.5 Å². The Morgan fingerprint density at radius 3 is 3.10 bits per heavy atom. The fraction of sp³-hybridized carbons (Fsp3) is 0. The van der Waals surface area contributed by atoms with Gasteiger partial charge in [-0.1, -0.05) is 5.16 Å². The largest absolute Gasteiger partial charge is 0.258 e. The van der Waals surface area contributed by atoms with Crippen molar-refractivity contribution < 1.29 is 4.63 Å². The first-order valence-electron chi connectivity index (χ1n) is 2.60. The van der Waals surface area contributed by atoms with Crippen LogP contribution in [0, 0.1) is 0 Å². The predicted octanol–water partition coefficient (Wildman–Crippen LogP) is -0.145. The first kappa shape index (κ1) is 5.10. The van der Waals surface area contributed by atoms with E-state index in [1.807, 2.05) is 0 Å². The molecule has 1 N–H and O–H groups in total. The predicted molar refractivity (Wildman–Crippen MR) is 29.7 cm³/mol. The van der Waals surface area contributed by atoms with Gasteiger partial charge < -0.3 is 0 Å². The van der Waals surface area contributed by atoms with Crippen LogP contribution in [0.3, 0.4) is 0 Å². The van der Waals surface area contributed by atoms with Crippen molar-refractivity contribution in [1.29, 1.82) is 0 Å². The molecule has 0 amide bonds. The van der Waals surface area contributed by atoms with Crippen LogP contribution in [-0.2, 0) is 0 Å². The zero-order valence-electron chi connectivity index (χ0n) is 4.85. The number of aromatic nitrogens is 5. The van der Waals surface area contributed by atoms with Gasteiger partial charge in [0.25, 0.3) is 0 Å². The van der Waals surface area contributed by atoms with Crippen molar-refractivity contribution in [2.24, 2.45) is 0 Å². The molecule has 0 spiro atoms. The highest BCUT2D eigenvalue weighted by Gasteiger charge is 2.02. The minimum absolute atomic E-state index is 0.553. The molecule has 0 atom stereocenters. The van der Waals surface area contributed by atoms with Crippen molar-refractivity contribution in [2.45, 2.75) is 0 Å². The van der Waals surface area contributed by atoms with E-state index in [1.54, 1.807) is 0 Å². The Labute approximate surface area is 55.2 Å². The maximum Gasteiger partial charge on any atom is 0.179 e. The fourth-order valence-electron chi connectivity index (χ4n) is 0.598. The van der Waals surface area contributed by atoms with E-state index in [9.17, 15) is 0 Å². The number of nitrogens with one attached hydrogen (secondary N) is 1. The summed E-state index contributed by atoms with van der Waals surface area (Å²) >= 11 is 0. The molecule has 0 radical (unpaired) electrons. The van der Waals surface area contributed by atoms with Crippen molar-refractivity contribution in [1.82, 2.24) is 25.5 Å². The monoisotopic (exact) mass is 137 g/mol. The molecule has 2 rings (SSSR count). The second-order valence-electron chi connectivity index (χ2n) is 1.63. The van der Waals surface area contributed by atoms with Gasteiger partial charge in [0.1, 0.15) is 12.5 Å². The summed E-state index contributed by atoms with van der Waals surface area (Å²) in [5.74, 6) is 0.557. The first-order chi connectivity index (χ1) is 4.97. The van der Waals surface area contributed by atoms with Crippen LogP contribution in [-0.4, -0.2) is 25.5 Å². The Hall–Kier alpha value is -1.72. The molecule has 2 aromatic rings. The van der Waals surface area contributed by atoms with Crippen molar-refractivity contribution in [3.05, 3.63) is 12.5 Å². The third kappa shape index (κ3) is 0.661. The van der Waals surface area contributed by atoms with Gasteiger partial charge >= 0.3 is 0 Å². The summed E-state index contributed by atoms with van der Waals surface area (Å²) in [6.07, 6.45) is 2.85. The molecule has 0 aliphatic heterocycles. The number of H-pyrrole nitrogens is 1. The molecule has 0 aliphatic carbocycles. The molecule has 50 valence electrons. The Balaban J connectivity index is 2.48. The maximum absolute atomic E-state index is 4.35. The van der Waals surface area contributed by atoms with Crippen LogP contribution in [0.1, 0.15) is 0 Å². The third-order valence-corrected chi connectivity index (χ3v) is 1.02. The van der Waals surface area contributed by atoms with E-state index >= 15 is 0 Å². The van der Waals surface area contributed by atoms with Gasteiger partial charge in [-0.25, -0.2) is 9.61 Å². The Morgan fingerprint density at radius 2 is 2.50 bits per heavy atom. The van der Waals surface area contributed by atoms with E-state index in [0.717, 1.165) is 0 Å². The Bertz CT molecular complexity index is 253. The minimum atomic E-state index is 0.553. The average Bonchev–Trinajstić information content (AvgIpc) is 2.59.